The maximum absolute atomic E-state index is 9.24. The Bertz CT molecular complexity index is 403. The van der Waals surface area contributed by atoms with E-state index in [0.29, 0.717) is 17.9 Å². The number of likely N-dealkylation sites (N-methyl/N-ethyl adjacent to an activating group) is 2. The fourth-order valence-corrected chi connectivity index (χ4v) is 2.22. The number of nitrogens with zero attached hydrogens (tertiary/aromatic N) is 2. The lowest BCUT2D eigenvalue weighted by Gasteiger charge is -2.16. The molecule has 0 aromatic rings. The molecule has 0 aromatic carbocycles. The maximum atomic E-state index is 9.24. The second kappa shape index (κ2) is 12.0. The first kappa shape index (κ1) is 20.4. The van der Waals surface area contributed by atoms with E-state index in [-0.39, 0.29) is 0 Å². The third kappa shape index (κ3) is 8.64. The van der Waals surface area contributed by atoms with Gasteiger partial charge in [0, 0.05) is 25.2 Å². The Balaban J connectivity index is 0.000000360. The maximum Gasteiger partial charge on any atom is 0.106 e. The standard InChI is InChI=1S/C8H18N2.C8H11NO.CH2O/c1-3-10-6-4-5-9(2)7-8-10;1-6-3-2-4-7(9)5-8(6)10;1-2/h3-8H2,1-2H3;2-4,10H,5,9H2,1H3;1H2. The van der Waals surface area contributed by atoms with Crippen LogP contribution in [0.2, 0.25) is 0 Å². The molecule has 22 heavy (non-hydrogen) atoms. The molecule has 5 heteroatoms. The van der Waals surface area contributed by atoms with Crippen molar-refractivity contribution in [1.29, 1.82) is 0 Å². The fourth-order valence-electron chi connectivity index (χ4n) is 2.22. The molecule has 0 unspecified atom stereocenters. The first-order chi connectivity index (χ1) is 10.5. The monoisotopic (exact) mass is 309 g/mol. The molecule has 0 radical (unpaired) electrons. The quantitative estimate of drug-likeness (QED) is 0.776. The van der Waals surface area contributed by atoms with E-state index >= 15 is 0 Å². The van der Waals surface area contributed by atoms with Crippen LogP contribution in [0.1, 0.15) is 26.7 Å². The van der Waals surface area contributed by atoms with Crippen LogP contribution in [0.5, 0.6) is 0 Å². The molecule has 1 aliphatic carbocycles. The summed E-state index contributed by atoms with van der Waals surface area (Å²) in [6.07, 6.45) is 7.29. The zero-order valence-electron chi connectivity index (χ0n) is 14.2. The Morgan fingerprint density at radius 2 is 1.95 bits per heavy atom. The zero-order chi connectivity index (χ0) is 17.0. The number of aliphatic hydroxyl groups excluding tert-OH is 1. The van der Waals surface area contributed by atoms with Crippen LogP contribution in [0.25, 0.3) is 0 Å². The van der Waals surface area contributed by atoms with Crippen molar-refractivity contribution in [3.8, 4) is 0 Å². The average molecular weight is 309 g/mol. The fraction of sp³-hybridized carbons (Fsp3) is 0.588. The van der Waals surface area contributed by atoms with Gasteiger partial charge in [0.25, 0.3) is 0 Å². The van der Waals surface area contributed by atoms with E-state index in [2.05, 4.69) is 23.8 Å². The van der Waals surface area contributed by atoms with Gasteiger partial charge in [-0.1, -0.05) is 19.1 Å². The summed E-state index contributed by atoms with van der Waals surface area (Å²) in [5.74, 6) is 0.363. The molecule has 1 saturated heterocycles. The van der Waals surface area contributed by atoms with Crippen LogP contribution in [-0.2, 0) is 4.79 Å². The lowest BCUT2D eigenvalue weighted by molar-refractivity contribution is -0.0979. The molecule has 3 N–H and O–H groups in total. The highest BCUT2D eigenvalue weighted by atomic mass is 16.3. The van der Waals surface area contributed by atoms with Gasteiger partial charge in [-0.2, -0.15) is 0 Å². The Hall–Kier alpha value is -1.59. The van der Waals surface area contributed by atoms with Crippen molar-refractivity contribution in [1.82, 2.24) is 9.80 Å². The minimum absolute atomic E-state index is 0.363. The van der Waals surface area contributed by atoms with E-state index in [9.17, 15) is 5.11 Å². The van der Waals surface area contributed by atoms with Crippen LogP contribution in [0.15, 0.2) is 35.3 Å². The van der Waals surface area contributed by atoms with Crippen molar-refractivity contribution in [2.75, 3.05) is 39.8 Å². The molecule has 1 fully saturated rings. The van der Waals surface area contributed by atoms with E-state index in [1.54, 1.807) is 6.08 Å². The van der Waals surface area contributed by atoms with Crippen molar-refractivity contribution in [3.63, 3.8) is 0 Å². The predicted octanol–water partition coefficient (Wildman–Crippen LogP) is 2.08. The second-order valence-corrected chi connectivity index (χ2v) is 5.50. The van der Waals surface area contributed by atoms with Gasteiger partial charge < -0.3 is 25.4 Å². The summed E-state index contributed by atoms with van der Waals surface area (Å²) in [7, 11) is 2.21. The van der Waals surface area contributed by atoms with Crippen LogP contribution in [-0.4, -0.2) is 61.5 Å². The van der Waals surface area contributed by atoms with E-state index in [4.69, 9.17) is 10.5 Å². The third-order valence-corrected chi connectivity index (χ3v) is 3.74. The van der Waals surface area contributed by atoms with Gasteiger partial charge in [0.15, 0.2) is 0 Å². The zero-order valence-corrected chi connectivity index (χ0v) is 14.2. The summed E-state index contributed by atoms with van der Waals surface area (Å²) in [4.78, 5) is 12.9. The molecule has 0 atom stereocenters. The van der Waals surface area contributed by atoms with E-state index in [0.717, 1.165) is 5.57 Å². The molecule has 2 aliphatic rings. The van der Waals surface area contributed by atoms with E-state index < -0.39 is 0 Å². The SMILES string of the molecule is C=O.CC1=C(O)CC(N)=CC=C1.CCN1CCCN(C)CC1. The number of rotatable bonds is 1. The van der Waals surface area contributed by atoms with Crippen LogP contribution >= 0.6 is 0 Å². The van der Waals surface area contributed by atoms with Crippen molar-refractivity contribution in [2.45, 2.75) is 26.7 Å². The molecule has 0 bridgehead atoms. The Kier molecular flexibility index (Phi) is 11.1. The number of allylic oxidation sites excluding steroid dienone is 4. The number of aliphatic hydroxyl groups is 1. The summed E-state index contributed by atoms with van der Waals surface area (Å²) in [6.45, 7) is 12.4. The van der Waals surface area contributed by atoms with E-state index in [1.807, 2.05) is 25.9 Å². The number of hydrogen-bond donors (Lipinski definition) is 2. The summed E-state index contributed by atoms with van der Waals surface area (Å²) in [6, 6.07) is 0. The Labute approximate surface area is 134 Å². The predicted molar refractivity (Wildman–Crippen MR) is 92.7 cm³/mol. The highest BCUT2D eigenvalue weighted by Crippen LogP contribution is 2.13. The molecule has 1 heterocycles. The summed E-state index contributed by atoms with van der Waals surface area (Å²) >= 11 is 0. The highest BCUT2D eigenvalue weighted by molar-refractivity contribution is 5.30. The third-order valence-electron chi connectivity index (χ3n) is 3.74. The van der Waals surface area contributed by atoms with Gasteiger partial charge in [-0.25, -0.2) is 0 Å². The smallest absolute Gasteiger partial charge is 0.106 e. The van der Waals surface area contributed by atoms with Gasteiger partial charge in [0.1, 0.15) is 12.5 Å². The average Bonchev–Trinajstić information content (AvgIpc) is 2.81. The topological polar surface area (TPSA) is 69.8 Å². The Morgan fingerprint density at radius 1 is 1.27 bits per heavy atom. The van der Waals surface area contributed by atoms with Crippen LogP contribution in [0, 0.1) is 0 Å². The first-order valence-electron chi connectivity index (χ1n) is 7.74. The summed E-state index contributed by atoms with van der Waals surface area (Å²) in [5.41, 5.74) is 7.09. The molecule has 0 spiro atoms. The molecule has 0 amide bonds. The van der Waals surface area contributed by atoms with Crippen molar-refractivity contribution >= 4 is 6.79 Å². The van der Waals surface area contributed by atoms with Gasteiger partial charge in [-0.15, -0.1) is 0 Å². The summed E-state index contributed by atoms with van der Waals surface area (Å²) in [5, 5.41) is 9.24. The van der Waals surface area contributed by atoms with Gasteiger partial charge in [-0.05, 0) is 51.7 Å². The Morgan fingerprint density at radius 3 is 2.59 bits per heavy atom. The first-order valence-corrected chi connectivity index (χ1v) is 7.74. The molecule has 5 nitrogen and oxygen atoms in total. The molecular formula is C17H31N3O2. The van der Waals surface area contributed by atoms with Gasteiger partial charge in [-0.3, -0.25) is 0 Å². The minimum atomic E-state index is 0.363. The lowest BCUT2D eigenvalue weighted by Crippen LogP contribution is -2.28. The van der Waals surface area contributed by atoms with Crippen LogP contribution in [0.4, 0.5) is 0 Å². The lowest BCUT2D eigenvalue weighted by atomic mass is 10.2. The minimum Gasteiger partial charge on any atom is -0.512 e. The largest absolute Gasteiger partial charge is 0.512 e. The highest BCUT2D eigenvalue weighted by Gasteiger charge is 2.08. The van der Waals surface area contributed by atoms with Gasteiger partial charge >= 0.3 is 0 Å². The summed E-state index contributed by atoms with van der Waals surface area (Å²) < 4.78 is 0. The normalized spacial score (nSPS) is 19.9. The molecule has 2 rings (SSSR count). The van der Waals surface area contributed by atoms with Crippen LogP contribution in [0.3, 0.4) is 0 Å². The van der Waals surface area contributed by atoms with Crippen LogP contribution < -0.4 is 5.73 Å². The van der Waals surface area contributed by atoms with Crippen molar-refractivity contribution < 1.29 is 9.90 Å². The van der Waals surface area contributed by atoms with Crippen molar-refractivity contribution in [3.05, 3.63) is 35.3 Å². The molecular weight excluding hydrogens is 278 g/mol. The second-order valence-electron chi connectivity index (χ2n) is 5.50. The molecule has 126 valence electrons. The molecule has 1 aliphatic heterocycles. The molecule has 0 saturated carbocycles. The van der Waals surface area contributed by atoms with Crippen molar-refractivity contribution in [2.24, 2.45) is 5.73 Å². The number of hydrogen-bond acceptors (Lipinski definition) is 5. The molecule has 0 aromatic heterocycles. The number of carbonyl (C=O) groups excluding carboxylic acids is 1. The van der Waals surface area contributed by atoms with E-state index in [1.165, 1.54) is 39.1 Å². The number of nitrogens with two attached hydrogens (primary N) is 1. The van der Waals surface area contributed by atoms with Gasteiger partial charge in [0.05, 0.1) is 0 Å². The van der Waals surface area contributed by atoms with Gasteiger partial charge in [0.2, 0.25) is 0 Å². The number of carbonyl (C=O) groups is 1.